The Hall–Kier alpha value is -1.94. The third kappa shape index (κ3) is 4.07. The number of sulfonamides is 1. The highest BCUT2D eigenvalue weighted by molar-refractivity contribution is 7.89. The molecule has 0 radical (unpaired) electrons. The van der Waals surface area contributed by atoms with E-state index in [1.165, 1.54) is 4.31 Å². The maximum absolute atomic E-state index is 12.8. The largest absolute Gasteiger partial charge is 0.378 e. The summed E-state index contributed by atoms with van der Waals surface area (Å²) in [5, 5.41) is 0.517. The first-order valence-corrected chi connectivity index (χ1v) is 11.0. The fraction of sp³-hybridized carbons (Fsp3) is 0.444. The topological polar surface area (TPSA) is 78.9 Å². The molecule has 28 heavy (non-hydrogen) atoms. The first-order valence-electron chi connectivity index (χ1n) is 9.19. The fourth-order valence-electron chi connectivity index (χ4n) is 3.39. The number of benzene rings is 1. The molecule has 8 nitrogen and oxygen atoms in total. The van der Waals surface area contributed by atoms with Crippen LogP contribution in [-0.2, 0) is 14.8 Å². The van der Waals surface area contributed by atoms with Gasteiger partial charge in [0.2, 0.25) is 10.0 Å². The van der Waals surface area contributed by atoms with Gasteiger partial charge in [-0.2, -0.15) is 4.31 Å². The number of hydrogen-bond acceptors (Lipinski definition) is 7. The number of morpholine rings is 1. The molecule has 150 valence electrons. The van der Waals surface area contributed by atoms with E-state index in [4.69, 9.17) is 16.3 Å². The first kappa shape index (κ1) is 19.4. The molecule has 0 atom stereocenters. The van der Waals surface area contributed by atoms with E-state index in [0.717, 1.165) is 24.7 Å². The zero-order valence-electron chi connectivity index (χ0n) is 15.4. The van der Waals surface area contributed by atoms with Gasteiger partial charge >= 0.3 is 0 Å². The van der Waals surface area contributed by atoms with Crippen molar-refractivity contribution in [1.29, 1.82) is 0 Å². The van der Waals surface area contributed by atoms with Gasteiger partial charge < -0.3 is 14.5 Å². The van der Waals surface area contributed by atoms with E-state index >= 15 is 0 Å². The van der Waals surface area contributed by atoms with Crippen LogP contribution in [0.15, 0.2) is 41.6 Å². The molecule has 0 unspecified atom stereocenters. The molecule has 2 aliphatic heterocycles. The Morgan fingerprint density at radius 1 is 0.857 bits per heavy atom. The molecule has 2 aromatic rings. The zero-order valence-corrected chi connectivity index (χ0v) is 16.9. The molecule has 3 heterocycles. The van der Waals surface area contributed by atoms with E-state index in [-0.39, 0.29) is 4.90 Å². The Morgan fingerprint density at radius 2 is 1.43 bits per heavy atom. The third-order valence-corrected chi connectivity index (χ3v) is 7.15. The van der Waals surface area contributed by atoms with Crippen LogP contribution in [0.1, 0.15) is 0 Å². The number of piperazine rings is 1. The number of anilines is 2. The number of hydrogen-bond donors (Lipinski definition) is 0. The van der Waals surface area contributed by atoms with E-state index in [1.54, 1.807) is 30.6 Å². The number of halogens is 1. The van der Waals surface area contributed by atoms with Crippen molar-refractivity contribution >= 4 is 33.3 Å². The van der Waals surface area contributed by atoms with Crippen molar-refractivity contribution in [2.75, 3.05) is 62.3 Å². The van der Waals surface area contributed by atoms with Crippen molar-refractivity contribution in [3.05, 3.63) is 41.7 Å². The number of ether oxygens (including phenoxy) is 1. The van der Waals surface area contributed by atoms with Gasteiger partial charge in [-0.05, 0) is 24.3 Å². The summed E-state index contributed by atoms with van der Waals surface area (Å²) in [6, 6.07) is 8.25. The van der Waals surface area contributed by atoms with Gasteiger partial charge in [-0.3, -0.25) is 0 Å². The standard InChI is InChI=1S/C18H22ClN5O3S/c19-15-1-3-16(4-2-15)28(25,26)24-7-5-22(6-8-24)17-13-18(21-14-20-17)23-9-11-27-12-10-23/h1-4,13-14H,5-12H2. The summed E-state index contributed by atoms with van der Waals surface area (Å²) in [5.41, 5.74) is 0. The van der Waals surface area contributed by atoms with Crippen LogP contribution in [0.2, 0.25) is 5.02 Å². The van der Waals surface area contributed by atoms with Gasteiger partial charge in [0.05, 0.1) is 18.1 Å². The van der Waals surface area contributed by atoms with Gasteiger partial charge in [0.15, 0.2) is 0 Å². The molecular weight excluding hydrogens is 402 g/mol. The summed E-state index contributed by atoms with van der Waals surface area (Å²) in [4.78, 5) is 13.3. The van der Waals surface area contributed by atoms with E-state index in [2.05, 4.69) is 19.8 Å². The van der Waals surface area contributed by atoms with Gasteiger partial charge in [0, 0.05) is 50.4 Å². The maximum Gasteiger partial charge on any atom is 0.243 e. The molecule has 1 aromatic heterocycles. The molecule has 2 fully saturated rings. The average molecular weight is 424 g/mol. The van der Waals surface area contributed by atoms with Crippen molar-refractivity contribution in [1.82, 2.24) is 14.3 Å². The molecule has 0 N–H and O–H groups in total. The molecule has 1 aromatic carbocycles. The van der Waals surface area contributed by atoms with Crippen molar-refractivity contribution in [2.45, 2.75) is 4.90 Å². The average Bonchev–Trinajstić information content (AvgIpc) is 2.75. The molecule has 4 rings (SSSR count). The molecule has 2 aliphatic rings. The minimum absolute atomic E-state index is 0.266. The highest BCUT2D eigenvalue weighted by atomic mass is 35.5. The predicted molar refractivity (Wildman–Crippen MR) is 107 cm³/mol. The van der Waals surface area contributed by atoms with Crippen LogP contribution < -0.4 is 9.80 Å². The van der Waals surface area contributed by atoms with Crippen molar-refractivity contribution < 1.29 is 13.2 Å². The van der Waals surface area contributed by atoms with Crippen LogP contribution in [0.25, 0.3) is 0 Å². The lowest BCUT2D eigenvalue weighted by molar-refractivity contribution is 0.122. The quantitative estimate of drug-likeness (QED) is 0.736. The molecule has 0 amide bonds. The SMILES string of the molecule is O=S(=O)(c1ccc(Cl)cc1)N1CCN(c2cc(N3CCOCC3)ncn2)CC1. The van der Waals surface area contributed by atoms with Gasteiger partial charge in [-0.1, -0.05) is 11.6 Å². The monoisotopic (exact) mass is 423 g/mol. The van der Waals surface area contributed by atoms with E-state index in [9.17, 15) is 8.42 Å². The summed E-state index contributed by atoms with van der Waals surface area (Å²) < 4.78 is 32.5. The molecule has 0 bridgehead atoms. The van der Waals surface area contributed by atoms with E-state index < -0.39 is 10.0 Å². The predicted octanol–water partition coefficient (Wildman–Crippen LogP) is 1.48. The fourth-order valence-corrected chi connectivity index (χ4v) is 4.94. The van der Waals surface area contributed by atoms with Gasteiger partial charge in [0.25, 0.3) is 0 Å². The number of aromatic nitrogens is 2. The maximum atomic E-state index is 12.8. The molecule has 0 spiro atoms. The van der Waals surface area contributed by atoms with Crippen LogP contribution in [0, 0.1) is 0 Å². The van der Waals surface area contributed by atoms with Gasteiger partial charge in [-0.25, -0.2) is 18.4 Å². The summed E-state index contributed by atoms with van der Waals surface area (Å²) in [7, 11) is -3.52. The highest BCUT2D eigenvalue weighted by Gasteiger charge is 2.29. The third-order valence-electron chi connectivity index (χ3n) is 4.99. The second-order valence-corrected chi connectivity index (χ2v) is 9.05. The van der Waals surface area contributed by atoms with Crippen molar-refractivity contribution in [3.63, 3.8) is 0 Å². The summed E-state index contributed by atoms with van der Waals surface area (Å²) in [5.74, 6) is 1.70. The lowest BCUT2D eigenvalue weighted by Gasteiger charge is -2.35. The molecule has 0 aliphatic carbocycles. The van der Waals surface area contributed by atoms with Crippen LogP contribution in [0.5, 0.6) is 0 Å². The zero-order chi connectivity index (χ0) is 19.6. The Labute approximate surface area is 169 Å². The Morgan fingerprint density at radius 3 is 2.04 bits per heavy atom. The summed E-state index contributed by atoms with van der Waals surface area (Å²) >= 11 is 5.87. The second kappa shape index (κ2) is 8.20. The van der Waals surface area contributed by atoms with Crippen LogP contribution in [0.4, 0.5) is 11.6 Å². The summed E-state index contributed by atoms with van der Waals surface area (Å²) in [6.45, 7) is 4.97. The Balaban J connectivity index is 1.43. The normalized spacial score (nSPS) is 19.0. The smallest absolute Gasteiger partial charge is 0.243 e. The first-order chi connectivity index (χ1) is 13.5. The van der Waals surface area contributed by atoms with Crippen LogP contribution in [0.3, 0.4) is 0 Å². The number of rotatable bonds is 4. The van der Waals surface area contributed by atoms with Crippen molar-refractivity contribution in [2.24, 2.45) is 0 Å². The second-order valence-electron chi connectivity index (χ2n) is 6.68. The van der Waals surface area contributed by atoms with Crippen molar-refractivity contribution in [3.8, 4) is 0 Å². The minimum Gasteiger partial charge on any atom is -0.378 e. The Kier molecular flexibility index (Phi) is 5.68. The Bertz CT molecular complexity index is 911. The lowest BCUT2D eigenvalue weighted by Crippen LogP contribution is -2.49. The molecule has 0 saturated carbocycles. The van der Waals surface area contributed by atoms with Gasteiger partial charge in [-0.15, -0.1) is 0 Å². The number of nitrogens with zero attached hydrogens (tertiary/aromatic N) is 5. The lowest BCUT2D eigenvalue weighted by atomic mass is 10.3. The molecular formula is C18H22ClN5O3S. The summed E-state index contributed by atoms with van der Waals surface area (Å²) in [6.07, 6.45) is 1.57. The van der Waals surface area contributed by atoms with Crippen LogP contribution in [-0.4, -0.2) is 75.2 Å². The van der Waals surface area contributed by atoms with Gasteiger partial charge in [0.1, 0.15) is 18.0 Å². The highest BCUT2D eigenvalue weighted by Crippen LogP contribution is 2.23. The van der Waals surface area contributed by atoms with E-state index in [1.807, 2.05) is 6.07 Å². The minimum atomic E-state index is -3.52. The molecule has 2 saturated heterocycles. The van der Waals surface area contributed by atoms with Crippen LogP contribution >= 0.6 is 11.6 Å². The van der Waals surface area contributed by atoms with E-state index in [0.29, 0.717) is 44.4 Å². The molecule has 10 heteroatoms.